The molecular formula is C22H27FN4S. The molecule has 0 aliphatic carbocycles. The molecule has 2 aromatic carbocycles. The Morgan fingerprint density at radius 3 is 2.54 bits per heavy atom. The maximum absolute atomic E-state index is 13.4. The number of thiazole rings is 1. The first-order valence-electron chi connectivity index (χ1n) is 9.78. The van der Waals surface area contributed by atoms with Crippen molar-refractivity contribution in [2.45, 2.75) is 25.4 Å². The van der Waals surface area contributed by atoms with Crippen molar-refractivity contribution in [1.29, 1.82) is 0 Å². The summed E-state index contributed by atoms with van der Waals surface area (Å²) in [5.41, 5.74) is 8.63. The number of benzene rings is 2. The number of fused-ring (bicyclic) bond motifs is 1. The molecule has 0 bridgehead atoms. The lowest BCUT2D eigenvalue weighted by Crippen LogP contribution is -2.54. The molecule has 3 aromatic rings. The maximum Gasteiger partial charge on any atom is 0.124 e. The van der Waals surface area contributed by atoms with Gasteiger partial charge in [-0.05, 0) is 37.6 Å². The monoisotopic (exact) mass is 398 g/mol. The first-order valence-corrected chi connectivity index (χ1v) is 10.6. The molecule has 4 rings (SSSR count). The van der Waals surface area contributed by atoms with E-state index in [1.165, 1.54) is 29.0 Å². The van der Waals surface area contributed by atoms with Crippen molar-refractivity contribution in [3.63, 3.8) is 0 Å². The van der Waals surface area contributed by atoms with E-state index in [2.05, 4.69) is 59.0 Å². The summed E-state index contributed by atoms with van der Waals surface area (Å²) in [6, 6.07) is 15.3. The quantitative estimate of drug-likeness (QED) is 0.706. The van der Waals surface area contributed by atoms with Gasteiger partial charge >= 0.3 is 0 Å². The summed E-state index contributed by atoms with van der Waals surface area (Å²) < 4.78 is 14.3. The number of piperazine rings is 1. The van der Waals surface area contributed by atoms with Crippen LogP contribution in [0, 0.1) is 5.82 Å². The van der Waals surface area contributed by atoms with Gasteiger partial charge in [0.2, 0.25) is 0 Å². The lowest BCUT2D eigenvalue weighted by atomic mass is 9.91. The predicted molar refractivity (Wildman–Crippen MR) is 114 cm³/mol. The van der Waals surface area contributed by atoms with Crippen molar-refractivity contribution in [3.05, 3.63) is 64.9 Å². The zero-order valence-corrected chi connectivity index (χ0v) is 17.3. The largest absolute Gasteiger partial charge is 0.321 e. The van der Waals surface area contributed by atoms with Crippen molar-refractivity contribution in [2.24, 2.45) is 5.73 Å². The summed E-state index contributed by atoms with van der Waals surface area (Å²) in [4.78, 5) is 9.56. The van der Waals surface area contributed by atoms with Gasteiger partial charge in [-0.3, -0.25) is 9.80 Å². The van der Waals surface area contributed by atoms with E-state index in [4.69, 9.17) is 5.73 Å². The van der Waals surface area contributed by atoms with Crippen molar-refractivity contribution in [1.82, 2.24) is 14.8 Å². The lowest BCUT2D eigenvalue weighted by molar-refractivity contribution is 0.0483. The third-order valence-corrected chi connectivity index (χ3v) is 6.93. The van der Waals surface area contributed by atoms with Gasteiger partial charge in [0, 0.05) is 38.3 Å². The molecule has 1 atom stereocenters. The maximum atomic E-state index is 13.4. The summed E-state index contributed by atoms with van der Waals surface area (Å²) in [5, 5.41) is 0.882. The second-order valence-electron chi connectivity index (χ2n) is 7.98. The Kier molecular flexibility index (Phi) is 5.47. The van der Waals surface area contributed by atoms with E-state index in [0.29, 0.717) is 0 Å². The van der Waals surface area contributed by atoms with Gasteiger partial charge < -0.3 is 5.73 Å². The number of nitrogens with two attached hydrogens (primary N) is 1. The minimum Gasteiger partial charge on any atom is -0.321 e. The highest BCUT2D eigenvalue weighted by Crippen LogP contribution is 2.30. The molecule has 2 N–H and O–H groups in total. The molecule has 1 aliphatic rings. The van der Waals surface area contributed by atoms with Crippen LogP contribution in [0.25, 0.3) is 10.2 Å². The number of aromatic nitrogens is 1. The molecule has 1 fully saturated rings. The molecule has 1 unspecified atom stereocenters. The third kappa shape index (κ3) is 3.96. The highest BCUT2D eigenvalue weighted by molar-refractivity contribution is 7.18. The highest BCUT2D eigenvalue weighted by atomic mass is 32.1. The van der Waals surface area contributed by atoms with Crippen LogP contribution in [-0.4, -0.2) is 47.5 Å². The molecule has 1 aromatic heterocycles. The number of hydrogen-bond acceptors (Lipinski definition) is 5. The van der Waals surface area contributed by atoms with Crippen LogP contribution in [0.5, 0.6) is 0 Å². The molecular weight excluding hydrogens is 371 g/mol. The Bertz CT molecular complexity index is 932. The molecule has 0 amide bonds. The molecule has 1 aliphatic heterocycles. The summed E-state index contributed by atoms with van der Waals surface area (Å²) in [7, 11) is 0. The fourth-order valence-electron chi connectivity index (χ4n) is 3.95. The van der Waals surface area contributed by atoms with E-state index < -0.39 is 0 Å². The second kappa shape index (κ2) is 7.87. The van der Waals surface area contributed by atoms with Crippen molar-refractivity contribution < 1.29 is 4.39 Å². The van der Waals surface area contributed by atoms with Crippen LogP contribution in [0.4, 0.5) is 4.39 Å². The SMILES string of the molecule is CC(C)(c1ccccc1)N1CCN(CC(N)c2nc3ccc(F)cc3s2)CC1. The standard InChI is InChI=1S/C22H27FN4S/c1-22(2,16-6-4-3-5-7-16)27-12-10-26(11-13-27)15-18(24)21-25-19-9-8-17(23)14-20(19)28-21/h3-9,14,18H,10-13,15,24H2,1-2H3. The Balaban J connectivity index is 1.37. The molecule has 6 heteroatoms. The number of rotatable bonds is 5. The van der Waals surface area contributed by atoms with Crippen LogP contribution < -0.4 is 5.73 Å². The molecule has 0 saturated carbocycles. The van der Waals surface area contributed by atoms with E-state index in [9.17, 15) is 4.39 Å². The summed E-state index contributed by atoms with van der Waals surface area (Å²) in [6.07, 6.45) is 0. The van der Waals surface area contributed by atoms with Crippen LogP contribution in [-0.2, 0) is 5.54 Å². The van der Waals surface area contributed by atoms with Gasteiger partial charge in [-0.15, -0.1) is 11.3 Å². The van der Waals surface area contributed by atoms with Crippen LogP contribution in [0.2, 0.25) is 0 Å². The Morgan fingerprint density at radius 1 is 1.11 bits per heavy atom. The van der Waals surface area contributed by atoms with Crippen LogP contribution >= 0.6 is 11.3 Å². The van der Waals surface area contributed by atoms with Gasteiger partial charge in [0.1, 0.15) is 10.8 Å². The normalized spacial score (nSPS) is 17.9. The molecule has 1 saturated heterocycles. The lowest BCUT2D eigenvalue weighted by Gasteiger charge is -2.44. The topological polar surface area (TPSA) is 45.4 Å². The van der Waals surface area contributed by atoms with E-state index in [-0.39, 0.29) is 17.4 Å². The van der Waals surface area contributed by atoms with Gasteiger partial charge in [-0.25, -0.2) is 9.37 Å². The van der Waals surface area contributed by atoms with Crippen molar-refractivity contribution in [2.75, 3.05) is 32.7 Å². The van der Waals surface area contributed by atoms with Gasteiger partial charge in [0.25, 0.3) is 0 Å². The molecule has 148 valence electrons. The molecule has 2 heterocycles. The average molecular weight is 399 g/mol. The fourth-order valence-corrected chi connectivity index (χ4v) is 4.93. The van der Waals surface area contributed by atoms with E-state index in [1.54, 1.807) is 6.07 Å². The van der Waals surface area contributed by atoms with Crippen LogP contribution in [0.15, 0.2) is 48.5 Å². The summed E-state index contributed by atoms with van der Waals surface area (Å²) in [5.74, 6) is -0.228. The average Bonchev–Trinajstić information content (AvgIpc) is 3.12. The third-order valence-electron chi connectivity index (χ3n) is 5.78. The molecule has 0 radical (unpaired) electrons. The molecule has 4 nitrogen and oxygen atoms in total. The highest BCUT2D eigenvalue weighted by Gasteiger charge is 2.31. The fraction of sp³-hybridized carbons (Fsp3) is 0.409. The van der Waals surface area contributed by atoms with Gasteiger partial charge in [0.15, 0.2) is 0 Å². The number of hydrogen-bond donors (Lipinski definition) is 1. The Morgan fingerprint density at radius 2 is 1.82 bits per heavy atom. The second-order valence-corrected chi connectivity index (χ2v) is 9.05. The number of halogens is 1. The van der Waals surface area contributed by atoms with E-state index >= 15 is 0 Å². The van der Waals surface area contributed by atoms with Gasteiger partial charge in [-0.2, -0.15) is 0 Å². The first kappa shape index (κ1) is 19.5. The number of nitrogens with zero attached hydrogens (tertiary/aromatic N) is 3. The molecule has 0 spiro atoms. The Labute approximate surface area is 169 Å². The van der Waals surface area contributed by atoms with Crippen molar-refractivity contribution in [3.8, 4) is 0 Å². The zero-order valence-electron chi connectivity index (χ0n) is 16.4. The molecule has 28 heavy (non-hydrogen) atoms. The van der Waals surface area contributed by atoms with Crippen LogP contribution in [0.3, 0.4) is 0 Å². The Hall–Kier alpha value is -1.86. The first-order chi connectivity index (χ1) is 13.4. The smallest absolute Gasteiger partial charge is 0.124 e. The van der Waals surface area contributed by atoms with Gasteiger partial charge in [-0.1, -0.05) is 30.3 Å². The minimum absolute atomic E-state index is 0.0204. The predicted octanol–water partition coefficient (Wildman–Crippen LogP) is 3.99. The van der Waals surface area contributed by atoms with Crippen LogP contribution in [0.1, 0.15) is 30.5 Å². The zero-order chi connectivity index (χ0) is 19.7. The van der Waals surface area contributed by atoms with Gasteiger partial charge in [0.05, 0.1) is 16.3 Å². The summed E-state index contributed by atoms with van der Waals surface area (Å²) >= 11 is 1.50. The summed E-state index contributed by atoms with van der Waals surface area (Å²) in [6.45, 7) is 9.38. The van der Waals surface area contributed by atoms with E-state index in [1.807, 2.05) is 0 Å². The van der Waals surface area contributed by atoms with Crippen molar-refractivity contribution >= 4 is 21.6 Å². The minimum atomic E-state index is -0.228. The van der Waals surface area contributed by atoms with E-state index in [0.717, 1.165) is 47.9 Å².